The number of carboxylic acids is 1. The lowest BCUT2D eigenvalue weighted by Crippen LogP contribution is -1.95. The molecule has 1 N–H and O–H groups in total. The Balaban J connectivity index is 2.26. The molecule has 0 aliphatic rings. The van der Waals surface area contributed by atoms with Gasteiger partial charge in [0.25, 0.3) is 0 Å². The molecule has 0 aliphatic heterocycles. The standard InChI is InChI=1S/C13H9BrO2S/c14-11-8-9(13(15)16)6-7-12(11)17-10-4-2-1-3-5-10/h1-8H,(H,15,16). The summed E-state index contributed by atoms with van der Waals surface area (Å²) < 4.78 is 0.797. The Morgan fingerprint density at radius 3 is 2.41 bits per heavy atom. The van der Waals surface area contributed by atoms with Gasteiger partial charge in [-0.1, -0.05) is 30.0 Å². The molecular weight excluding hydrogens is 300 g/mol. The van der Waals surface area contributed by atoms with Gasteiger partial charge in [-0.25, -0.2) is 4.79 Å². The fourth-order valence-corrected chi connectivity index (χ4v) is 2.79. The van der Waals surface area contributed by atoms with Gasteiger partial charge in [0.2, 0.25) is 0 Å². The molecule has 4 heteroatoms. The maximum atomic E-state index is 10.8. The first-order valence-corrected chi connectivity index (χ1v) is 6.53. The van der Waals surface area contributed by atoms with Crippen LogP contribution in [0.1, 0.15) is 10.4 Å². The topological polar surface area (TPSA) is 37.3 Å². The summed E-state index contributed by atoms with van der Waals surface area (Å²) in [4.78, 5) is 12.9. The van der Waals surface area contributed by atoms with E-state index in [1.165, 1.54) is 0 Å². The average molecular weight is 309 g/mol. The van der Waals surface area contributed by atoms with E-state index in [0.29, 0.717) is 0 Å². The lowest BCUT2D eigenvalue weighted by Gasteiger charge is -2.05. The summed E-state index contributed by atoms with van der Waals surface area (Å²) in [5.74, 6) is -0.915. The summed E-state index contributed by atoms with van der Waals surface area (Å²) in [6.07, 6.45) is 0. The number of carbonyl (C=O) groups is 1. The fraction of sp³-hybridized carbons (Fsp3) is 0. The van der Waals surface area contributed by atoms with E-state index in [1.54, 1.807) is 23.9 Å². The molecule has 17 heavy (non-hydrogen) atoms. The number of benzene rings is 2. The third-order valence-corrected chi connectivity index (χ3v) is 4.15. The van der Waals surface area contributed by atoms with Crippen molar-refractivity contribution in [2.45, 2.75) is 9.79 Å². The van der Waals surface area contributed by atoms with E-state index in [9.17, 15) is 4.79 Å². The van der Waals surface area contributed by atoms with E-state index in [4.69, 9.17) is 5.11 Å². The number of hydrogen-bond acceptors (Lipinski definition) is 2. The molecule has 0 unspecified atom stereocenters. The van der Waals surface area contributed by atoms with Gasteiger partial charge in [0.05, 0.1) is 5.56 Å². The van der Waals surface area contributed by atoms with Crippen LogP contribution in [0.3, 0.4) is 0 Å². The molecule has 2 aromatic rings. The molecule has 0 bridgehead atoms. The van der Waals surface area contributed by atoms with Crippen LogP contribution in [-0.2, 0) is 0 Å². The summed E-state index contributed by atoms with van der Waals surface area (Å²) in [6, 6.07) is 15.0. The zero-order chi connectivity index (χ0) is 12.3. The van der Waals surface area contributed by atoms with Gasteiger partial charge in [0.1, 0.15) is 0 Å². The second-order valence-corrected chi connectivity index (χ2v) is 5.34. The normalized spacial score (nSPS) is 10.2. The van der Waals surface area contributed by atoms with Crippen molar-refractivity contribution >= 4 is 33.7 Å². The first kappa shape index (κ1) is 12.2. The van der Waals surface area contributed by atoms with Crippen LogP contribution in [0.4, 0.5) is 0 Å². The third-order valence-electron chi connectivity index (χ3n) is 2.15. The Labute approximate surface area is 112 Å². The van der Waals surface area contributed by atoms with Crippen molar-refractivity contribution < 1.29 is 9.90 Å². The quantitative estimate of drug-likeness (QED) is 0.918. The van der Waals surface area contributed by atoms with Crippen molar-refractivity contribution in [3.05, 3.63) is 58.6 Å². The van der Waals surface area contributed by atoms with Crippen LogP contribution < -0.4 is 0 Å². The predicted octanol–water partition coefficient (Wildman–Crippen LogP) is 4.30. The van der Waals surface area contributed by atoms with Crippen LogP contribution in [-0.4, -0.2) is 11.1 Å². The predicted molar refractivity (Wildman–Crippen MR) is 71.7 cm³/mol. The molecular formula is C13H9BrO2S. The highest BCUT2D eigenvalue weighted by atomic mass is 79.9. The lowest BCUT2D eigenvalue weighted by molar-refractivity contribution is 0.0696. The van der Waals surface area contributed by atoms with Gasteiger partial charge in [0, 0.05) is 14.3 Å². The van der Waals surface area contributed by atoms with Gasteiger partial charge >= 0.3 is 5.97 Å². The van der Waals surface area contributed by atoms with Crippen molar-refractivity contribution in [3.8, 4) is 0 Å². The molecule has 0 radical (unpaired) electrons. The van der Waals surface area contributed by atoms with E-state index in [1.807, 2.05) is 36.4 Å². The van der Waals surface area contributed by atoms with Crippen LogP contribution in [0, 0.1) is 0 Å². The minimum absolute atomic E-state index is 0.286. The van der Waals surface area contributed by atoms with Gasteiger partial charge < -0.3 is 5.11 Å². The van der Waals surface area contributed by atoms with Crippen molar-refractivity contribution in [1.82, 2.24) is 0 Å². The highest BCUT2D eigenvalue weighted by Crippen LogP contribution is 2.33. The highest BCUT2D eigenvalue weighted by Gasteiger charge is 2.07. The van der Waals surface area contributed by atoms with Crippen LogP contribution in [0.25, 0.3) is 0 Å². The average Bonchev–Trinajstić information content (AvgIpc) is 2.33. The monoisotopic (exact) mass is 308 g/mol. The molecule has 0 amide bonds. The number of carboxylic acid groups (broad SMARTS) is 1. The Bertz CT molecular complexity index is 540. The minimum atomic E-state index is -0.915. The maximum absolute atomic E-state index is 10.8. The zero-order valence-corrected chi connectivity index (χ0v) is 11.2. The van der Waals surface area contributed by atoms with Crippen molar-refractivity contribution in [3.63, 3.8) is 0 Å². The lowest BCUT2D eigenvalue weighted by atomic mass is 10.2. The van der Waals surface area contributed by atoms with Crippen molar-refractivity contribution in [2.24, 2.45) is 0 Å². The molecule has 2 rings (SSSR count). The van der Waals surface area contributed by atoms with E-state index in [2.05, 4.69) is 15.9 Å². The molecule has 0 aliphatic carbocycles. The second-order valence-electron chi connectivity index (χ2n) is 3.37. The first-order valence-electron chi connectivity index (χ1n) is 4.92. The summed E-state index contributed by atoms with van der Waals surface area (Å²) >= 11 is 4.98. The van der Waals surface area contributed by atoms with Gasteiger partial charge in [-0.15, -0.1) is 0 Å². The molecule has 2 aromatic carbocycles. The Morgan fingerprint density at radius 1 is 1.12 bits per heavy atom. The SMILES string of the molecule is O=C(O)c1ccc(Sc2ccccc2)c(Br)c1. The number of halogens is 1. The molecule has 0 aromatic heterocycles. The number of aromatic carboxylic acids is 1. The molecule has 0 saturated carbocycles. The van der Waals surface area contributed by atoms with E-state index >= 15 is 0 Å². The molecule has 2 nitrogen and oxygen atoms in total. The van der Waals surface area contributed by atoms with E-state index in [-0.39, 0.29) is 5.56 Å². The number of rotatable bonds is 3. The van der Waals surface area contributed by atoms with Crippen LogP contribution >= 0.6 is 27.7 Å². The Kier molecular flexibility index (Phi) is 3.86. The first-order chi connectivity index (χ1) is 8.16. The molecule has 0 heterocycles. The van der Waals surface area contributed by atoms with Crippen LogP contribution in [0.2, 0.25) is 0 Å². The van der Waals surface area contributed by atoms with Crippen molar-refractivity contribution in [2.75, 3.05) is 0 Å². The molecule has 0 spiro atoms. The second kappa shape index (κ2) is 5.38. The highest BCUT2D eigenvalue weighted by molar-refractivity contribution is 9.10. The smallest absolute Gasteiger partial charge is 0.335 e. The summed E-state index contributed by atoms with van der Waals surface area (Å²) in [5.41, 5.74) is 0.286. The molecule has 0 atom stereocenters. The van der Waals surface area contributed by atoms with E-state index in [0.717, 1.165) is 14.3 Å². The van der Waals surface area contributed by atoms with E-state index < -0.39 is 5.97 Å². The van der Waals surface area contributed by atoms with Crippen molar-refractivity contribution in [1.29, 1.82) is 0 Å². The van der Waals surface area contributed by atoms with Crippen LogP contribution in [0.5, 0.6) is 0 Å². The molecule has 86 valence electrons. The summed E-state index contributed by atoms with van der Waals surface area (Å²) in [7, 11) is 0. The fourth-order valence-electron chi connectivity index (χ4n) is 1.33. The van der Waals surface area contributed by atoms with Gasteiger partial charge in [0.15, 0.2) is 0 Å². The largest absolute Gasteiger partial charge is 0.478 e. The zero-order valence-electron chi connectivity index (χ0n) is 8.76. The summed E-state index contributed by atoms with van der Waals surface area (Å²) in [6.45, 7) is 0. The Morgan fingerprint density at radius 2 is 1.82 bits per heavy atom. The van der Waals surface area contributed by atoms with Crippen LogP contribution in [0.15, 0.2) is 62.8 Å². The molecule has 0 saturated heterocycles. The van der Waals surface area contributed by atoms with Gasteiger partial charge in [-0.05, 0) is 46.3 Å². The number of hydrogen-bond donors (Lipinski definition) is 1. The molecule has 0 fully saturated rings. The van der Waals surface area contributed by atoms with Gasteiger partial charge in [-0.3, -0.25) is 0 Å². The maximum Gasteiger partial charge on any atom is 0.335 e. The third kappa shape index (κ3) is 3.11. The van der Waals surface area contributed by atoms with Gasteiger partial charge in [-0.2, -0.15) is 0 Å². The Hall–Kier alpha value is -1.26. The minimum Gasteiger partial charge on any atom is -0.478 e. The summed E-state index contributed by atoms with van der Waals surface area (Å²) in [5, 5.41) is 8.86.